The summed E-state index contributed by atoms with van der Waals surface area (Å²) < 4.78 is 24.4. The van der Waals surface area contributed by atoms with Crippen LogP contribution in [0, 0.1) is 0 Å². The summed E-state index contributed by atoms with van der Waals surface area (Å²) >= 11 is 0. The second-order valence-corrected chi connectivity index (χ2v) is 12.4. The summed E-state index contributed by atoms with van der Waals surface area (Å²) in [6.45, 7) is 4.30. The lowest BCUT2D eigenvalue weighted by Crippen LogP contribution is -2.53. The van der Waals surface area contributed by atoms with Gasteiger partial charge >= 0.3 is 7.68 Å². The maximum absolute atomic E-state index is 12.0. The van der Waals surface area contributed by atoms with Gasteiger partial charge in [-0.2, -0.15) is 0 Å². The zero-order chi connectivity index (χ0) is 24.8. The lowest BCUT2D eigenvalue weighted by Gasteiger charge is -2.40. The minimum absolute atomic E-state index is 0.506. The van der Waals surface area contributed by atoms with Gasteiger partial charge in [-0.1, -0.05) is 116 Å². The molecule has 0 saturated heterocycles. The summed E-state index contributed by atoms with van der Waals surface area (Å²) in [7, 11) is 3.62. The topological polar surface area (TPSA) is 34.1 Å². The van der Waals surface area contributed by atoms with Crippen LogP contribution in [0.1, 0.15) is 149 Å². The second kappa shape index (κ2) is 20.9. The van der Waals surface area contributed by atoms with Crippen LogP contribution in [-0.4, -0.2) is 30.9 Å². The first-order valence-corrected chi connectivity index (χ1v) is 15.6. The molecule has 1 atom stereocenters. The molecule has 0 aromatic rings. The van der Waals surface area contributed by atoms with E-state index in [1.807, 2.05) is 28.1 Å². The fourth-order valence-corrected chi connectivity index (χ4v) is 6.08. The first-order chi connectivity index (χ1) is 15.8. The molecule has 0 saturated carbocycles. The fourth-order valence-electron chi connectivity index (χ4n) is 4.99. The quantitative estimate of drug-likeness (QED) is 0.0591. The highest BCUT2D eigenvalue weighted by molar-refractivity contribution is 7.32. The molecule has 0 amide bonds. The Labute approximate surface area is 208 Å². The Morgan fingerprint density at radius 1 is 0.576 bits per heavy atom. The van der Waals surface area contributed by atoms with Crippen molar-refractivity contribution in [2.75, 3.05) is 21.1 Å². The Morgan fingerprint density at radius 2 is 0.939 bits per heavy atom. The van der Waals surface area contributed by atoms with Crippen molar-refractivity contribution in [3.05, 3.63) is 12.2 Å². The largest absolute Gasteiger partial charge is 0.378 e. The summed E-state index contributed by atoms with van der Waals surface area (Å²) in [6, 6.07) is 0. The number of allylic oxidation sites excluding steroid dienone is 2. The zero-order valence-corrected chi connectivity index (χ0v) is 24.1. The van der Waals surface area contributed by atoms with E-state index in [1.165, 1.54) is 109 Å². The smallest absolute Gasteiger partial charge is 0.314 e. The van der Waals surface area contributed by atoms with E-state index in [4.69, 9.17) is 0 Å². The predicted molar refractivity (Wildman–Crippen MR) is 147 cm³/mol. The highest BCUT2D eigenvalue weighted by atomic mass is 31.1. The highest BCUT2D eigenvalue weighted by Crippen LogP contribution is 2.43. The van der Waals surface area contributed by atoms with Gasteiger partial charge in [0.15, 0.2) is 0 Å². The third kappa shape index (κ3) is 16.0. The standard InChI is InChI=1S/C29H59NO2P/c1-6-8-9-10-11-12-13-14-15-16-17-18-19-20-21-22-23-24-25-26-27-28-29(7-2,33(31)32)30(3,4)5/h20-21H,6-19,22-28H2,1-5H3/q+1. The molecule has 0 N–H and O–H groups in total. The lowest BCUT2D eigenvalue weighted by atomic mass is 10.0. The number of hydrogen-bond donors (Lipinski definition) is 0. The van der Waals surface area contributed by atoms with Gasteiger partial charge in [0, 0.05) is 12.8 Å². The molecule has 0 aliphatic rings. The third-order valence-corrected chi connectivity index (χ3v) is 9.31. The SMILES string of the molecule is CCCCCCCCCCCCCCC=CCCCCCCCC(CC)(P(=O)=O)[N+](C)(C)C. The molecule has 0 heterocycles. The number of nitrogens with zero attached hydrogens (tertiary/aromatic N) is 1. The first kappa shape index (κ1) is 32.6. The molecule has 0 spiro atoms. The van der Waals surface area contributed by atoms with Gasteiger partial charge in [-0.3, -0.25) is 0 Å². The minimum atomic E-state index is -2.42. The molecule has 0 aliphatic carbocycles. The van der Waals surface area contributed by atoms with Gasteiger partial charge in [0.1, 0.15) is 0 Å². The molecule has 0 aromatic heterocycles. The Kier molecular flexibility index (Phi) is 20.7. The van der Waals surface area contributed by atoms with E-state index in [9.17, 15) is 9.13 Å². The van der Waals surface area contributed by atoms with Gasteiger partial charge in [-0.05, 0) is 32.1 Å². The summed E-state index contributed by atoms with van der Waals surface area (Å²) in [5, 5.41) is -0.605. The van der Waals surface area contributed by atoms with Crippen molar-refractivity contribution >= 4 is 7.68 Å². The molecular weight excluding hydrogens is 425 g/mol. The Hall–Kier alpha value is -0.400. The van der Waals surface area contributed by atoms with Crippen LogP contribution in [0.5, 0.6) is 0 Å². The molecule has 0 aromatic carbocycles. The highest BCUT2D eigenvalue weighted by Gasteiger charge is 2.46. The average Bonchev–Trinajstić information content (AvgIpc) is 2.76. The predicted octanol–water partition coefficient (Wildman–Crippen LogP) is 10.3. The van der Waals surface area contributed by atoms with Gasteiger partial charge in [-0.25, -0.2) is 9.13 Å². The molecule has 0 rings (SSSR count). The van der Waals surface area contributed by atoms with Crippen LogP contribution in [0.3, 0.4) is 0 Å². The number of unbranched alkanes of at least 4 members (excludes halogenated alkanes) is 17. The first-order valence-electron chi connectivity index (χ1n) is 14.4. The number of hydrogen-bond acceptors (Lipinski definition) is 2. The molecule has 0 fully saturated rings. The number of rotatable bonds is 24. The maximum atomic E-state index is 12.0. The molecule has 33 heavy (non-hydrogen) atoms. The summed E-state index contributed by atoms with van der Waals surface area (Å²) in [6.07, 6.45) is 31.6. The lowest BCUT2D eigenvalue weighted by molar-refractivity contribution is -0.908. The zero-order valence-electron chi connectivity index (χ0n) is 23.2. The van der Waals surface area contributed by atoms with E-state index < -0.39 is 13.0 Å². The molecule has 4 heteroatoms. The minimum Gasteiger partial charge on any atom is -0.314 e. The van der Waals surface area contributed by atoms with Crippen molar-refractivity contribution < 1.29 is 13.6 Å². The maximum Gasteiger partial charge on any atom is 0.378 e. The van der Waals surface area contributed by atoms with Crippen molar-refractivity contribution in [2.45, 2.75) is 154 Å². The molecular formula is C29H59NO2P+. The van der Waals surface area contributed by atoms with Crippen molar-refractivity contribution in [3.63, 3.8) is 0 Å². The van der Waals surface area contributed by atoms with E-state index in [2.05, 4.69) is 19.1 Å². The fraction of sp³-hybridized carbons (Fsp3) is 0.931. The van der Waals surface area contributed by atoms with Crippen LogP contribution >= 0.6 is 7.68 Å². The van der Waals surface area contributed by atoms with Crippen LogP contribution in [0.15, 0.2) is 12.2 Å². The molecule has 1 unspecified atom stereocenters. The van der Waals surface area contributed by atoms with Crippen LogP contribution in [-0.2, 0) is 9.13 Å². The normalized spacial score (nSPS) is 14.1. The Balaban J connectivity index is 3.52. The van der Waals surface area contributed by atoms with E-state index in [-0.39, 0.29) is 0 Å². The summed E-state index contributed by atoms with van der Waals surface area (Å²) in [4.78, 5) is 0. The molecule has 3 nitrogen and oxygen atoms in total. The van der Waals surface area contributed by atoms with Crippen molar-refractivity contribution in [1.82, 2.24) is 0 Å². The van der Waals surface area contributed by atoms with Gasteiger partial charge in [-0.15, -0.1) is 0 Å². The summed E-state index contributed by atoms with van der Waals surface area (Å²) in [5.41, 5.74) is 0. The van der Waals surface area contributed by atoms with Crippen molar-refractivity contribution in [3.8, 4) is 0 Å². The third-order valence-electron chi connectivity index (χ3n) is 7.49. The van der Waals surface area contributed by atoms with E-state index >= 15 is 0 Å². The monoisotopic (exact) mass is 484 g/mol. The van der Waals surface area contributed by atoms with Crippen LogP contribution in [0.4, 0.5) is 0 Å². The Bertz CT molecular complexity index is 528. The van der Waals surface area contributed by atoms with E-state index in [1.54, 1.807) is 0 Å². The molecule has 0 aliphatic heterocycles. The molecule has 0 radical (unpaired) electrons. The van der Waals surface area contributed by atoms with E-state index in [0.717, 1.165) is 19.3 Å². The molecule has 0 bridgehead atoms. The van der Waals surface area contributed by atoms with Crippen molar-refractivity contribution in [2.24, 2.45) is 0 Å². The second-order valence-electron chi connectivity index (χ2n) is 11.1. The number of quaternary nitrogens is 1. The van der Waals surface area contributed by atoms with Crippen molar-refractivity contribution in [1.29, 1.82) is 0 Å². The van der Waals surface area contributed by atoms with E-state index in [0.29, 0.717) is 10.9 Å². The Morgan fingerprint density at radius 3 is 1.27 bits per heavy atom. The van der Waals surface area contributed by atoms with Crippen LogP contribution in [0.2, 0.25) is 0 Å². The van der Waals surface area contributed by atoms with Gasteiger partial charge < -0.3 is 4.48 Å². The average molecular weight is 485 g/mol. The van der Waals surface area contributed by atoms with Gasteiger partial charge in [0.2, 0.25) is 5.28 Å². The van der Waals surface area contributed by atoms with Gasteiger partial charge in [0.05, 0.1) is 21.1 Å². The van der Waals surface area contributed by atoms with Crippen LogP contribution in [0.25, 0.3) is 0 Å². The molecule has 196 valence electrons. The summed E-state index contributed by atoms with van der Waals surface area (Å²) in [5.74, 6) is 0. The van der Waals surface area contributed by atoms with Gasteiger partial charge in [0.25, 0.3) is 0 Å². The van der Waals surface area contributed by atoms with Crippen LogP contribution < -0.4 is 0 Å².